The molecule has 0 aliphatic rings. The molecule has 1 unspecified atom stereocenters. The molecule has 0 radical (unpaired) electrons. The van der Waals surface area contributed by atoms with Gasteiger partial charge in [-0.05, 0) is 23.8 Å². The van der Waals surface area contributed by atoms with E-state index >= 15 is 0 Å². The quantitative estimate of drug-likeness (QED) is 0.341. The van der Waals surface area contributed by atoms with Gasteiger partial charge in [-0.1, -0.05) is 42.3 Å². The lowest BCUT2D eigenvalue weighted by Gasteiger charge is -2.18. The average molecular weight is 364 g/mol. The molecule has 0 heterocycles. The Morgan fingerprint density at radius 3 is 2.63 bits per heavy atom. The van der Waals surface area contributed by atoms with Crippen molar-refractivity contribution in [3.8, 4) is 12.3 Å². The maximum atomic E-state index is 12.1. The Bertz CT molecular complexity index is 812. The van der Waals surface area contributed by atoms with Gasteiger partial charge in [0.05, 0.1) is 13.2 Å². The van der Waals surface area contributed by atoms with Gasteiger partial charge in [0.1, 0.15) is 0 Å². The van der Waals surface area contributed by atoms with Crippen LogP contribution in [0.3, 0.4) is 0 Å². The van der Waals surface area contributed by atoms with E-state index in [0.29, 0.717) is 23.8 Å². The van der Waals surface area contributed by atoms with Gasteiger partial charge in [-0.2, -0.15) is 0 Å². The summed E-state index contributed by atoms with van der Waals surface area (Å²) in [4.78, 5) is 16.2. The van der Waals surface area contributed by atoms with Gasteiger partial charge in [0.25, 0.3) is 0 Å². The van der Waals surface area contributed by atoms with Crippen molar-refractivity contribution in [1.82, 2.24) is 10.6 Å². The zero-order valence-corrected chi connectivity index (χ0v) is 15.3. The SMILES string of the molecule is C#Cc1cccc(NC(=O)CNC(=NC)NCC(CO)c2ccccc2)c1. The van der Waals surface area contributed by atoms with Crippen molar-refractivity contribution in [3.63, 3.8) is 0 Å². The Balaban J connectivity index is 1.82. The number of hydrogen-bond donors (Lipinski definition) is 4. The van der Waals surface area contributed by atoms with Crippen molar-refractivity contribution in [2.45, 2.75) is 5.92 Å². The third-order valence-corrected chi connectivity index (χ3v) is 3.96. The Hall–Kier alpha value is -3.30. The van der Waals surface area contributed by atoms with Crippen LogP contribution in [0.1, 0.15) is 17.0 Å². The van der Waals surface area contributed by atoms with Crippen molar-refractivity contribution >= 4 is 17.6 Å². The molecule has 0 fully saturated rings. The number of guanidine groups is 1. The summed E-state index contributed by atoms with van der Waals surface area (Å²) in [5.41, 5.74) is 2.38. The van der Waals surface area contributed by atoms with Crippen LogP contribution in [-0.2, 0) is 4.79 Å². The normalized spacial score (nSPS) is 12.0. The maximum absolute atomic E-state index is 12.1. The highest BCUT2D eigenvalue weighted by atomic mass is 16.3. The summed E-state index contributed by atoms with van der Waals surface area (Å²) in [5.74, 6) is 2.73. The second kappa shape index (κ2) is 10.6. The topological polar surface area (TPSA) is 85.8 Å². The van der Waals surface area contributed by atoms with Crippen LogP contribution in [0.15, 0.2) is 59.6 Å². The smallest absolute Gasteiger partial charge is 0.243 e. The first-order valence-electron chi connectivity index (χ1n) is 8.63. The Labute approximate surface area is 159 Å². The van der Waals surface area contributed by atoms with Crippen molar-refractivity contribution in [2.24, 2.45) is 4.99 Å². The molecule has 4 N–H and O–H groups in total. The van der Waals surface area contributed by atoms with E-state index < -0.39 is 0 Å². The molecule has 0 aliphatic carbocycles. The molecule has 0 aliphatic heterocycles. The Kier molecular flexibility index (Phi) is 7.89. The van der Waals surface area contributed by atoms with E-state index in [9.17, 15) is 9.90 Å². The molecule has 2 aromatic carbocycles. The number of aliphatic hydroxyl groups excluding tert-OH is 1. The number of nitrogens with one attached hydrogen (secondary N) is 3. The van der Waals surface area contributed by atoms with Gasteiger partial charge in [0.15, 0.2) is 5.96 Å². The van der Waals surface area contributed by atoms with Gasteiger partial charge in [-0.15, -0.1) is 6.42 Å². The second-order valence-corrected chi connectivity index (χ2v) is 5.87. The molecular formula is C21H24N4O2. The molecule has 140 valence electrons. The van der Waals surface area contributed by atoms with E-state index in [1.165, 1.54) is 0 Å². The predicted molar refractivity (Wildman–Crippen MR) is 109 cm³/mol. The van der Waals surface area contributed by atoms with Crippen LogP contribution in [0.25, 0.3) is 0 Å². The minimum Gasteiger partial charge on any atom is -0.396 e. The summed E-state index contributed by atoms with van der Waals surface area (Å²) in [7, 11) is 1.63. The maximum Gasteiger partial charge on any atom is 0.243 e. The highest BCUT2D eigenvalue weighted by Gasteiger charge is 2.11. The Morgan fingerprint density at radius 1 is 1.19 bits per heavy atom. The molecule has 1 amide bonds. The van der Waals surface area contributed by atoms with Crippen LogP contribution in [-0.4, -0.2) is 43.7 Å². The van der Waals surface area contributed by atoms with Crippen LogP contribution < -0.4 is 16.0 Å². The number of nitrogens with zero attached hydrogens (tertiary/aromatic N) is 1. The van der Waals surface area contributed by atoms with Gasteiger partial charge in [-0.25, -0.2) is 0 Å². The molecule has 6 nitrogen and oxygen atoms in total. The minimum atomic E-state index is -0.214. The summed E-state index contributed by atoms with van der Waals surface area (Å²) in [5, 5.41) is 18.5. The summed E-state index contributed by atoms with van der Waals surface area (Å²) in [6.45, 7) is 0.557. The number of carbonyl (C=O) groups is 1. The highest BCUT2D eigenvalue weighted by molar-refractivity contribution is 5.95. The molecule has 0 saturated heterocycles. The van der Waals surface area contributed by atoms with E-state index in [2.05, 4.69) is 26.9 Å². The van der Waals surface area contributed by atoms with Gasteiger partial charge in [0, 0.05) is 30.8 Å². The number of benzene rings is 2. The monoisotopic (exact) mass is 364 g/mol. The number of amides is 1. The molecule has 0 spiro atoms. The molecule has 0 saturated carbocycles. The van der Waals surface area contributed by atoms with Gasteiger partial charge in [-0.3, -0.25) is 9.79 Å². The molecule has 27 heavy (non-hydrogen) atoms. The molecular weight excluding hydrogens is 340 g/mol. The third-order valence-electron chi connectivity index (χ3n) is 3.96. The highest BCUT2D eigenvalue weighted by Crippen LogP contribution is 2.13. The van der Waals surface area contributed by atoms with Crippen molar-refractivity contribution in [1.29, 1.82) is 0 Å². The number of terminal acetylenes is 1. The zero-order chi connectivity index (χ0) is 19.5. The second-order valence-electron chi connectivity index (χ2n) is 5.87. The van der Waals surface area contributed by atoms with E-state index in [0.717, 1.165) is 5.56 Å². The standard InChI is InChI=1S/C21H24N4O2/c1-3-16-8-7-11-19(12-16)25-20(27)14-24-21(22-2)23-13-18(15-26)17-9-5-4-6-10-17/h1,4-12,18,26H,13-15H2,2H3,(H,25,27)(H2,22,23,24). The third kappa shape index (κ3) is 6.49. The molecule has 0 bridgehead atoms. The first-order chi connectivity index (χ1) is 13.2. The van der Waals surface area contributed by atoms with E-state index in [1.54, 1.807) is 31.3 Å². The first kappa shape index (κ1) is 20.0. The Morgan fingerprint density at radius 2 is 1.96 bits per heavy atom. The summed E-state index contributed by atoms with van der Waals surface area (Å²) in [6.07, 6.45) is 5.36. The number of aliphatic hydroxyl groups is 1. The number of carbonyl (C=O) groups excluding carboxylic acids is 1. The van der Waals surface area contributed by atoms with E-state index in [1.807, 2.05) is 30.3 Å². The number of anilines is 1. The molecule has 6 heteroatoms. The minimum absolute atomic E-state index is 0.0139. The van der Waals surface area contributed by atoms with Crippen LogP contribution in [0.2, 0.25) is 0 Å². The van der Waals surface area contributed by atoms with Crippen LogP contribution in [0.4, 0.5) is 5.69 Å². The van der Waals surface area contributed by atoms with Crippen molar-refractivity contribution in [3.05, 3.63) is 65.7 Å². The summed E-state index contributed by atoms with van der Waals surface area (Å²) < 4.78 is 0. The lowest BCUT2D eigenvalue weighted by atomic mass is 10.0. The molecule has 2 aromatic rings. The van der Waals surface area contributed by atoms with Crippen molar-refractivity contribution in [2.75, 3.05) is 32.1 Å². The molecule has 0 aromatic heterocycles. The first-order valence-corrected chi connectivity index (χ1v) is 8.63. The largest absolute Gasteiger partial charge is 0.396 e. The van der Waals surface area contributed by atoms with E-state index in [4.69, 9.17) is 6.42 Å². The summed E-state index contributed by atoms with van der Waals surface area (Å²) >= 11 is 0. The number of aliphatic imine (C=N–C) groups is 1. The van der Waals surface area contributed by atoms with Crippen molar-refractivity contribution < 1.29 is 9.90 Å². The zero-order valence-electron chi connectivity index (χ0n) is 15.3. The van der Waals surface area contributed by atoms with E-state index in [-0.39, 0.29) is 25.0 Å². The number of rotatable bonds is 7. The predicted octanol–water partition coefficient (Wildman–Crippen LogP) is 1.55. The van der Waals surface area contributed by atoms with Gasteiger partial charge < -0.3 is 21.1 Å². The van der Waals surface area contributed by atoms with Crippen LogP contribution in [0, 0.1) is 12.3 Å². The fourth-order valence-corrected chi connectivity index (χ4v) is 2.51. The average Bonchev–Trinajstić information content (AvgIpc) is 2.71. The lowest BCUT2D eigenvalue weighted by Crippen LogP contribution is -2.43. The molecule has 1 atom stereocenters. The van der Waals surface area contributed by atoms with Crippen LogP contribution >= 0.6 is 0 Å². The van der Waals surface area contributed by atoms with Gasteiger partial charge in [0.2, 0.25) is 5.91 Å². The fraction of sp³-hybridized carbons (Fsp3) is 0.238. The molecule has 2 rings (SSSR count). The van der Waals surface area contributed by atoms with Crippen LogP contribution in [0.5, 0.6) is 0 Å². The fourth-order valence-electron chi connectivity index (χ4n) is 2.51. The summed E-state index contributed by atoms with van der Waals surface area (Å²) in [6, 6.07) is 16.8. The van der Waals surface area contributed by atoms with Gasteiger partial charge >= 0.3 is 0 Å². The number of hydrogen-bond acceptors (Lipinski definition) is 3. The lowest BCUT2D eigenvalue weighted by molar-refractivity contribution is -0.115.